The molecule has 2 heterocycles. The Morgan fingerprint density at radius 3 is 2.73 bits per heavy atom. The number of nitrogens with zero attached hydrogens (tertiary/aromatic N) is 3. The Labute approximate surface area is 181 Å². The number of methoxy groups -OCH3 is 1. The highest BCUT2D eigenvalue weighted by atomic mass is 79.9. The summed E-state index contributed by atoms with van der Waals surface area (Å²) in [6.45, 7) is 1.93. The fraction of sp³-hybridized carbons (Fsp3) is 0.182. The summed E-state index contributed by atoms with van der Waals surface area (Å²) in [4.78, 5) is 21.8. The quantitative estimate of drug-likeness (QED) is 0.374. The molecule has 0 amide bonds. The number of aryl methyl sites for hydroxylation is 1. The molecule has 2 aromatic heterocycles. The highest BCUT2D eigenvalue weighted by Gasteiger charge is 2.21. The lowest BCUT2D eigenvalue weighted by molar-refractivity contribution is 0.0423. The largest absolute Gasteiger partial charge is 0.452 e. The first-order valence-corrected chi connectivity index (χ1v) is 9.99. The number of esters is 1. The molecule has 152 valence electrons. The molecule has 0 atom stereocenters. The molecular weight excluding hydrogens is 450 g/mol. The van der Waals surface area contributed by atoms with E-state index in [1.54, 1.807) is 7.11 Å². The number of carbonyl (C=O) groups excluding carboxylic acids is 1. The molecule has 2 aromatic carbocycles. The number of carbonyl (C=O) groups is 1. The summed E-state index contributed by atoms with van der Waals surface area (Å²) in [6, 6.07) is 15.2. The lowest BCUT2D eigenvalue weighted by Gasteiger charge is -2.13. The summed E-state index contributed by atoms with van der Waals surface area (Å²) in [5.41, 5.74) is 3.30. The molecule has 0 fully saturated rings. The van der Waals surface area contributed by atoms with E-state index in [9.17, 15) is 4.79 Å². The van der Waals surface area contributed by atoms with E-state index in [1.807, 2.05) is 55.5 Å². The van der Waals surface area contributed by atoms with Gasteiger partial charge in [0, 0.05) is 22.5 Å². The van der Waals surface area contributed by atoms with Crippen LogP contribution < -0.4 is 0 Å². The lowest BCUT2D eigenvalue weighted by Crippen LogP contribution is -2.13. The number of halogens is 1. The van der Waals surface area contributed by atoms with Crippen LogP contribution in [-0.4, -0.2) is 28.2 Å². The molecule has 0 aliphatic carbocycles. The zero-order valence-corrected chi connectivity index (χ0v) is 18.0. The van der Waals surface area contributed by atoms with Crippen molar-refractivity contribution in [3.8, 4) is 11.4 Å². The number of para-hydroxylation sites is 1. The summed E-state index contributed by atoms with van der Waals surface area (Å²) in [6.07, 6.45) is 0. The zero-order chi connectivity index (χ0) is 21.1. The van der Waals surface area contributed by atoms with Crippen molar-refractivity contribution in [3.63, 3.8) is 0 Å². The minimum absolute atomic E-state index is 0.140. The predicted octanol–water partition coefficient (Wildman–Crippen LogP) is 4.86. The molecule has 0 saturated carbocycles. The molecule has 0 bridgehead atoms. The Bertz CT molecular complexity index is 1220. The molecule has 8 heteroatoms. The fourth-order valence-electron chi connectivity index (χ4n) is 3.21. The highest BCUT2D eigenvalue weighted by molar-refractivity contribution is 9.10. The Hall–Kier alpha value is -3.10. The number of benzene rings is 2. The van der Waals surface area contributed by atoms with E-state index in [2.05, 4.69) is 31.1 Å². The van der Waals surface area contributed by atoms with E-state index in [0.717, 1.165) is 26.5 Å². The topological polar surface area (TPSA) is 87.3 Å². The number of ether oxygens (including phenoxy) is 2. The van der Waals surface area contributed by atoms with E-state index in [-0.39, 0.29) is 19.1 Å². The second kappa shape index (κ2) is 8.73. The highest BCUT2D eigenvalue weighted by Crippen LogP contribution is 2.25. The Kier molecular flexibility index (Phi) is 5.87. The monoisotopic (exact) mass is 467 g/mol. The first-order valence-electron chi connectivity index (χ1n) is 9.19. The smallest absolute Gasteiger partial charge is 0.340 e. The molecule has 0 aliphatic heterocycles. The maximum Gasteiger partial charge on any atom is 0.340 e. The van der Waals surface area contributed by atoms with Crippen molar-refractivity contribution in [2.75, 3.05) is 7.11 Å². The average molecular weight is 468 g/mol. The van der Waals surface area contributed by atoms with Crippen molar-refractivity contribution in [3.05, 3.63) is 75.7 Å². The van der Waals surface area contributed by atoms with Gasteiger partial charge in [0.25, 0.3) is 5.89 Å². The minimum atomic E-state index is -0.514. The second-order valence-electron chi connectivity index (χ2n) is 6.61. The minimum Gasteiger partial charge on any atom is -0.452 e. The maximum absolute atomic E-state index is 12.9. The molecule has 0 radical (unpaired) electrons. The zero-order valence-electron chi connectivity index (χ0n) is 16.4. The van der Waals surface area contributed by atoms with Crippen LogP contribution in [0.1, 0.15) is 27.5 Å². The lowest BCUT2D eigenvalue weighted by atomic mass is 10.0. The van der Waals surface area contributed by atoms with Gasteiger partial charge in [0.1, 0.15) is 0 Å². The fourth-order valence-corrected chi connectivity index (χ4v) is 3.61. The van der Waals surface area contributed by atoms with Crippen LogP contribution >= 0.6 is 15.9 Å². The van der Waals surface area contributed by atoms with E-state index in [0.29, 0.717) is 17.1 Å². The molecule has 4 rings (SSSR count). The van der Waals surface area contributed by atoms with Gasteiger partial charge >= 0.3 is 5.97 Å². The van der Waals surface area contributed by atoms with Gasteiger partial charge in [-0.2, -0.15) is 4.98 Å². The summed E-state index contributed by atoms with van der Waals surface area (Å²) in [5, 5.41) is 4.84. The number of fused-ring (bicyclic) bond motifs is 1. The van der Waals surface area contributed by atoms with E-state index in [4.69, 9.17) is 14.0 Å². The third kappa shape index (κ3) is 4.10. The predicted molar refractivity (Wildman–Crippen MR) is 114 cm³/mol. The standard InChI is InChI=1S/C22H18BrN3O4/c1-13-16-8-3-4-9-17(16)24-18(11-28-2)20(13)22(27)29-12-19-25-21(26-30-19)14-6-5-7-15(23)10-14/h3-10H,11-12H2,1-2H3. The van der Waals surface area contributed by atoms with Crippen molar-refractivity contribution in [1.29, 1.82) is 0 Å². The first-order chi connectivity index (χ1) is 14.6. The number of pyridine rings is 1. The summed E-state index contributed by atoms with van der Waals surface area (Å²) in [7, 11) is 1.56. The van der Waals surface area contributed by atoms with Gasteiger partial charge in [0.2, 0.25) is 5.82 Å². The van der Waals surface area contributed by atoms with Gasteiger partial charge in [-0.05, 0) is 30.7 Å². The van der Waals surface area contributed by atoms with Crippen LogP contribution in [0.25, 0.3) is 22.3 Å². The molecule has 30 heavy (non-hydrogen) atoms. The molecule has 0 unspecified atom stereocenters. The maximum atomic E-state index is 12.9. The Balaban J connectivity index is 1.57. The third-order valence-electron chi connectivity index (χ3n) is 4.59. The number of aromatic nitrogens is 3. The number of hydrogen-bond donors (Lipinski definition) is 0. The molecule has 0 N–H and O–H groups in total. The van der Waals surface area contributed by atoms with Crippen LogP contribution in [-0.2, 0) is 22.7 Å². The van der Waals surface area contributed by atoms with Crippen molar-refractivity contribution < 1.29 is 18.8 Å². The van der Waals surface area contributed by atoms with Crippen LogP contribution in [0.4, 0.5) is 0 Å². The van der Waals surface area contributed by atoms with Crippen molar-refractivity contribution >= 4 is 32.8 Å². The average Bonchev–Trinajstić information content (AvgIpc) is 3.22. The van der Waals surface area contributed by atoms with Gasteiger partial charge in [-0.1, -0.05) is 51.4 Å². The number of hydrogen-bond acceptors (Lipinski definition) is 7. The van der Waals surface area contributed by atoms with E-state index in [1.165, 1.54) is 0 Å². The van der Waals surface area contributed by atoms with Gasteiger partial charge in [0.05, 0.1) is 23.4 Å². The van der Waals surface area contributed by atoms with Crippen LogP contribution in [0.15, 0.2) is 57.5 Å². The molecule has 0 aliphatic rings. The molecule has 0 spiro atoms. The van der Waals surface area contributed by atoms with Gasteiger partial charge in [-0.3, -0.25) is 0 Å². The Morgan fingerprint density at radius 2 is 1.93 bits per heavy atom. The van der Waals surface area contributed by atoms with Gasteiger partial charge in [-0.25, -0.2) is 9.78 Å². The molecule has 7 nitrogen and oxygen atoms in total. The Morgan fingerprint density at radius 1 is 1.10 bits per heavy atom. The van der Waals surface area contributed by atoms with E-state index < -0.39 is 5.97 Å². The van der Waals surface area contributed by atoms with E-state index >= 15 is 0 Å². The molecule has 0 saturated heterocycles. The van der Waals surface area contributed by atoms with Crippen LogP contribution in [0.2, 0.25) is 0 Å². The summed E-state index contributed by atoms with van der Waals surface area (Å²) < 4.78 is 16.8. The van der Waals surface area contributed by atoms with Gasteiger partial charge in [-0.15, -0.1) is 0 Å². The van der Waals surface area contributed by atoms with Crippen LogP contribution in [0.3, 0.4) is 0 Å². The van der Waals surface area contributed by atoms with Gasteiger partial charge in [0.15, 0.2) is 6.61 Å². The number of rotatable bonds is 6. The molecular formula is C22H18BrN3O4. The van der Waals surface area contributed by atoms with Crippen molar-refractivity contribution in [2.24, 2.45) is 0 Å². The summed E-state index contributed by atoms with van der Waals surface area (Å²) in [5.74, 6) is 0.115. The first kappa shape index (κ1) is 20.2. The second-order valence-corrected chi connectivity index (χ2v) is 7.52. The van der Waals surface area contributed by atoms with Crippen LogP contribution in [0, 0.1) is 6.92 Å². The summed E-state index contributed by atoms with van der Waals surface area (Å²) >= 11 is 3.41. The van der Waals surface area contributed by atoms with Crippen LogP contribution in [0.5, 0.6) is 0 Å². The van der Waals surface area contributed by atoms with Crippen molar-refractivity contribution in [1.82, 2.24) is 15.1 Å². The van der Waals surface area contributed by atoms with Gasteiger partial charge < -0.3 is 14.0 Å². The SMILES string of the molecule is COCc1nc2ccccc2c(C)c1C(=O)OCc1nc(-c2cccc(Br)c2)no1. The normalized spacial score (nSPS) is 11.0. The third-order valence-corrected chi connectivity index (χ3v) is 5.08. The van der Waals surface area contributed by atoms with Crippen molar-refractivity contribution in [2.45, 2.75) is 20.1 Å². The molecule has 4 aromatic rings.